The van der Waals surface area contributed by atoms with Crippen LogP contribution in [0.15, 0.2) is 41.1 Å². The summed E-state index contributed by atoms with van der Waals surface area (Å²) in [5.41, 5.74) is 6.27. The lowest BCUT2D eigenvalue weighted by atomic mass is 9.65. The minimum Gasteiger partial charge on any atom is -0.480 e. The quantitative estimate of drug-likeness (QED) is 0.828. The van der Waals surface area contributed by atoms with Crippen molar-refractivity contribution in [2.75, 3.05) is 18.0 Å². The Labute approximate surface area is 141 Å². The van der Waals surface area contributed by atoms with Gasteiger partial charge in [-0.15, -0.1) is 0 Å². The fraction of sp³-hybridized carbons (Fsp3) is 0.312. The van der Waals surface area contributed by atoms with Gasteiger partial charge in [-0.3, -0.25) is 0 Å². The molecule has 118 valence electrons. The zero-order chi connectivity index (χ0) is 16.2. The predicted molar refractivity (Wildman–Crippen MR) is 88.0 cm³/mol. The van der Waals surface area contributed by atoms with Crippen molar-refractivity contribution < 1.29 is 9.90 Å². The molecule has 0 saturated carbocycles. The van der Waals surface area contributed by atoms with Crippen LogP contribution in [-0.4, -0.2) is 34.1 Å². The van der Waals surface area contributed by atoms with Crippen molar-refractivity contribution in [2.24, 2.45) is 11.1 Å². The van der Waals surface area contributed by atoms with Crippen molar-refractivity contribution in [3.63, 3.8) is 0 Å². The highest BCUT2D eigenvalue weighted by Gasteiger charge is 2.65. The Kier molecular flexibility index (Phi) is 3.01. The molecule has 7 heteroatoms. The lowest BCUT2D eigenvalue weighted by molar-refractivity contribution is -0.150. The van der Waals surface area contributed by atoms with Crippen LogP contribution < -0.4 is 10.6 Å². The first-order valence-electron chi connectivity index (χ1n) is 7.29. The second-order valence-corrected chi connectivity index (χ2v) is 7.19. The van der Waals surface area contributed by atoms with E-state index in [1.807, 2.05) is 23.1 Å². The summed E-state index contributed by atoms with van der Waals surface area (Å²) in [6.45, 7) is 1.07. The molecular weight excluding hydrogens is 360 g/mol. The molecule has 1 saturated heterocycles. The molecular formula is C16H15BrN4O2. The third-order valence-electron chi connectivity index (χ3n) is 5.02. The van der Waals surface area contributed by atoms with E-state index < -0.39 is 16.9 Å². The van der Waals surface area contributed by atoms with Gasteiger partial charge in [-0.2, -0.15) is 0 Å². The second-order valence-electron chi connectivity index (χ2n) is 6.28. The number of carboxylic acids is 1. The third kappa shape index (κ3) is 1.86. The van der Waals surface area contributed by atoms with Crippen molar-refractivity contribution in [3.05, 3.63) is 52.3 Å². The zero-order valence-corrected chi connectivity index (χ0v) is 13.8. The van der Waals surface area contributed by atoms with Crippen LogP contribution in [0.25, 0.3) is 0 Å². The van der Waals surface area contributed by atoms with Gasteiger partial charge in [-0.05, 0) is 35.7 Å². The number of carboxylic acid groups (broad SMARTS) is 1. The number of halogens is 1. The number of aromatic nitrogens is 2. The highest BCUT2D eigenvalue weighted by molar-refractivity contribution is 9.10. The highest BCUT2D eigenvalue weighted by Crippen LogP contribution is 2.54. The van der Waals surface area contributed by atoms with E-state index in [1.165, 1.54) is 0 Å². The number of nitrogens with two attached hydrogens (primary N) is 1. The summed E-state index contributed by atoms with van der Waals surface area (Å²) in [6.07, 6.45) is 4.02. The number of aliphatic carboxylic acids is 1. The minimum atomic E-state index is -1.39. The maximum absolute atomic E-state index is 12.1. The molecule has 1 unspecified atom stereocenters. The minimum absolute atomic E-state index is 0.527. The number of rotatable bonds is 2. The van der Waals surface area contributed by atoms with Crippen molar-refractivity contribution >= 4 is 27.8 Å². The van der Waals surface area contributed by atoms with E-state index in [0.717, 1.165) is 10.0 Å². The van der Waals surface area contributed by atoms with Gasteiger partial charge in [0.25, 0.3) is 0 Å². The Hall–Kier alpha value is -1.99. The topological polar surface area (TPSA) is 92.3 Å². The first-order chi connectivity index (χ1) is 11.0. The van der Waals surface area contributed by atoms with E-state index in [4.69, 9.17) is 5.73 Å². The molecule has 1 atom stereocenters. The van der Waals surface area contributed by atoms with Crippen LogP contribution in [0.2, 0.25) is 0 Å². The SMILES string of the molecule is NC1(C(=O)O)c2cc(Br)ccc2CC12CN(c1ncccn1)C2. The Morgan fingerprint density at radius 3 is 2.65 bits per heavy atom. The lowest BCUT2D eigenvalue weighted by Crippen LogP contribution is -2.70. The largest absolute Gasteiger partial charge is 0.480 e. The summed E-state index contributed by atoms with van der Waals surface area (Å²) >= 11 is 3.41. The molecule has 1 fully saturated rings. The van der Waals surface area contributed by atoms with E-state index in [1.54, 1.807) is 18.5 Å². The number of hydrogen-bond acceptors (Lipinski definition) is 5. The summed E-state index contributed by atoms with van der Waals surface area (Å²) in [4.78, 5) is 22.5. The maximum atomic E-state index is 12.1. The smallest absolute Gasteiger partial charge is 0.329 e. The molecule has 0 bridgehead atoms. The van der Waals surface area contributed by atoms with E-state index in [0.29, 0.717) is 31.0 Å². The fourth-order valence-electron chi connectivity index (χ4n) is 3.84. The van der Waals surface area contributed by atoms with Gasteiger partial charge in [0, 0.05) is 35.4 Å². The molecule has 1 spiro atoms. The van der Waals surface area contributed by atoms with Gasteiger partial charge >= 0.3 is 5.97 Å². The third-order valence-corrected chi connectivity index (χ3v) is 5.51. The van der Waals surface area contributed by atoms with Gasteiger partial charge in [0.2, 0.25) is 5.95 Å². The van der Waals surface area contributed by atoms with E-state index >= 15 is 0 Å². The van der Waals surface area contributed by atoms with Crippen molar-refractivity contribution in [1.29, 1.82) is 0 Å². The molecule has 2 aromatic rings. The van der Waals surface area contributed by atoms with Crippen LogP contribution in [-0.2, 0) is 16.8 Å². The average molecular weight is 375 g/mol. The molecule has 1 aliphatic carbocycles. The Balaban J connectivity index is 1.73. The molecule has 4 rings (SSSR count). The Morgan fingerprint density at radius 2 is 2.00 bits per heavy atom. The number of hydrogen-bond donors (Lipinski definition) is 2. The normalized spacial score (nSPS) is 24.3. The molecule has 1 aromatic carbocycles. The van der Waals surface area contributed by atoms with Crippen LogP contribution in [0, 0.1) is 5.41 Å². The molecule has 3 N–H and O–H groups in total. The number of fused-ring (bicyclic) bond motifs is 1. The van der Waals surface area contributed by atoms with Crippen LogP contribution in [0.1, 0.15) is 11.1 Å². The van der Waals surface area contributed by atoms with Gasteiger partial charge in [-0.25, -0.2) is 14.8 Å². The number of benzene rings is 1. The standard InChI is InChI=1S/C16H15BrN4O2/c17-11-3-2-10-7-15(16(18,13(22)23)12(10)6-11)8-21(9-15)14-19-4-1-5-20-14/h1-6H,7-9,18H2,(H,22,23). The van der Waals surface area contributed by atoms with Crippen LogP contribution in [0.5, 0.6) is 0 Å². The average Bonchev–Trinajstić information content (AvgIpc) is 2.77. The monoisotopic (exact) mass is 374 g/mol. The van der Waals surface area contributed by atoms with Gasteiger partial charge in [-0.1, -0.05) is 22.0 Å². The zero-order valence-electron chi connectivity index (χ0n) is 12.2. The maximum Gasteiger partial charge on any atom is 0.329 e. The van der Waals surface area contributed by atoms with Gasteiger partial charge in [0.15, 0.2) is 0 Å². The second kappa shape index (κ2) is 4.75. The van der Waals surface area contributed by atoms with E-state index in [-0.39, 0.29) is 0 Å². The van der Waals surface area contributed by atoms with Crippen LogP contribution in [0.3, 0.4) is 0 Å². The number of anilines is 1. The summed E-state index contributed by atoms with van der Waals surface area (Å²) in [5, 5.41) is 9.88. The Bertz CT molecular complexity index is 792. The summed E-state index contributed by atoms with van der Waals surface area (Å²) in [5.74, 6) is -0.369. The van der Waals surface area contributed by atoms with Crippen molar-refractivity contribution in [2.45, 2.75) is 12.0 Å². The summed E-state index contributed by atoms with van der Waals surface area (Å²) in [6, 6.07) is 7.48. The first kappa shape index (κ1) is 14.6. The number of carbonyl (C=O) groups is 1. The fourth-order valence-corrected chi connectivity index (χ4v) is 4.20. The molecule has 2 heterocycles. The van der Waals surface area contributed by atoms with Crippen LogP contribution >= 0.6 is 15.9 Å². The summed E-state index contributed by atoms with van der Waals surface area (Å²) < 4.78 is 0.840. The van der Waals surface area contributed by atoms with Crippen molar-refractivity contribution in [3.8, 4) is 0 Å². The molecule has 0 amide bonds. The number of nitrogens with zero attached hydrogens (tertiary/aromatic N) is 3. The predicted octanol–water partition coefficient (Wildman–Crippen LogP) is 1.54. The molecule has 1 aromatic heterocycles. The van der Waals surface area contributed by atoms with Gasteiger partial charge in [0.1, 0.15) is 5.54 Å². The molecule has 0 radical (unpaired) electrons. The summed E-state index contributed by atoms with van der Waals surface area (Å²) in [7, 11) is 0. The van der Waals surface area contributed by atoms with E-state index in [9.17, 15) is 9.90 Å². The molecule has 1 aliphatic heterocycles. The van der Waals surface area contributed by atoms with Crippen molar-refractivity contribution in [1.82, 2.24) is 9.97 Å². The molecule has 2 aliphatic rings. The highest BCUT2D eigenvalue weighted by atomic mass is 79.9. The Morgan fingerprint density at radius 1 is 1.30 bits per heavy atom. The first-order valence-corrected chi connectivity index (χ1v) is 8.09. The lowest BCUT2D eigenvalue weighted by Gasteiger charge is -2.54. The van der Waals surface area contributed by atoms with Gasteiger partial charge < -0.3 is 15.7 Å². The molecule has 6 nitrogen and oxygen atoms in total. The molecule has 23 heavy (non-hydrogen) atoms. The van der Waals surface area contributed by atoms with Crippen LogP contribution in [0.4, 0.5) is 5.95 Å². The van der Waals surface area contributed by atoms with Gasteiger partial charge in [0.05, 0.1) is 0 Å². The van der Waals surface area contributed by atoms with E-state index in [2.05, 4.69) is 25.9 Å².